The van der Waals surface area contributed by atoms with Gasteiger partial charge >= 0.3 is 6.09 Å². The Morgan fingerprint density at radius 3 is 2.29 bits per heavy atom. The van der Waals surface area contributed by atoms with Gasteiger partial charge < -0.3 is 19.3 Å². The van der Waals surface area contributed by atoms with Crippen molar-refractivity contribution in [2.75, 3.05) is 31.6 Å². The molecule has 9 heteroatoms. The fourth-order valence-electron chi connectivity index (χ4n) is 8.99. The van der Waals surface area contributed by atoms with Crippen LogP contribution in [-0.2, 0) is 14.9 Å². The van der Waals surface area contributed by atoms with Crippen LogP contribution >= 0.6 is 0 Å². The summed E-state index contributed by atoms with van der Waals surface area (Å²) in [4.78, 5) is 35.8. The second kappa shape index (κ2) is 13.4. The van der Waals surface area contributed by atoms with Crippen LogP contribution in [0.2, 0.25) is 0 Å². The Hall–Kier alpha value is -3.88. The summed E-state index contributed by atoms with van der Waals surface area (Å²) in [5.74, 6) is 1.57. The number of anilines is 1. The number of nitrogens with zero attached hydrogens (tertiary/aromatic N) is 5. The molecule has 5 fully saturated rings. The summed E-state index contributed by atoms with van der Waals surface area (Å²) in [6.07, 6.45) is 17.0. The van der Waals surface area contributed by atoms with Crippen molar-refractivity contribution in [2.45, 2.75) is 109 Å². The van der Waals surface area contributed by atoms with Gasteiger partial charge in [0, 0.05) is 55.1 Å². The molecular weight excluding hydrogens is 614 g/mol. The first-order chi connectivity index (χ1) is 23.6. The second-order valence-corrected chi connectivity index (χ2v) is 16.0. The molecule has 2 bridgehead atoms. The molecule has 4 aliphatic carbocycles. The van der Waals surface area contributed by atoms with Gasteiger partial charge in [-0.2, -0.15) is 5.10 Å². The van der Waals surface area contributed by atoms with Gasteiger partial charge in [-0.15, -0.1) is 0 Å². The lowest BCUT2D eigenvalue weighted by Crippen LogP contribution is -2.52. The van der Waals surface area contributed by atoms with Crippen molar-refractivity contribution in [1.82, 2.24) is 19.7 Å². The molecular formula is C40H53N5O4. The molecule has 0 atom stereocenters. The van der Waals surface area contributed by atoms with Gasteiger partial charge in [-0.25, -0.2) is 4.79 Å². The van der Waals surface area contributed by atoms with Gasteiger partial charge in [-0.1, -0.05) is 19.1 Å². The fraction of sp³-hybridized carbons (Fsp3) is 0.600. The van der Waals surface area contributed by atoms with Crippen LogP contribution in [0.25, 0.3) is 11.1 Å². The largest absolute Gasteiger partial charge is 0.496 e. The van der Waals surface area contributed by atoms with E-state index in [0.717, 1.165) is 99.9 Å². The summed E-state index contributed by atoms with van der Waals surface area (Å²) < 4.78 is 13.4. The molecule has 0 radical (unpaired) electrons. The third kappa shape index (κ3) is 6.70. The van der Waals surface area contributed by atoms with Crippen molar-refractivity contribution in [3.8, 4) is 16.9 Å². The van der Waals surface area contributed by atoms with Crippen molar-refractivity contribution in [3.05, 3.63) is 60.2 Å². The molecule has 2 amide bonds. The van der Waals surface area contributed by atoms with Crippen molar-refractivity contribution in [2.24, 2.45) is 17.3 Å². The lowest BCUT2D eigenvalue weighted by Gasteiger charge is -2.55. The number of hydrogen-bond donors (Lipinski definition) is 0. The Morgan fingerprint density at radius 1 is 0.959 bits per heavy atom. The van der Waals surface area contributed by atoms with E-state index in [1.165, 1.54) is 11.1 Å². The van der Waals surface area contributed by atoms with E-state index in [1.54, 1.807) is 12.0 Å². The third-order valence-corrected chi connectivity index (χ3v) is 12.3. The number of ether oxygens (including phenoxy) is 2. The Kier molecular flexibility index (Phi) is 9.22. The first kappa shape index (κ1) is 33.6. The highest BCUT2D eigenvalue weighted by atomic mass is 16.6. The van der Waals surface area contributed by atoms with Crippen LogP contribution < -0.4 is 9.64 Å². The monoisotopic (exact) mass is 667 g/mol. The van der Waals surface area contributed by atoms with Gasteiger partial charge in [0.25, 0.3) is 0 Å². The molecule has 1 aliphatic heterocycles. The second-order valence-electron chi connectivity index (χ2n) is 16.0. The summed E-state index contributed by atoms with van der Waals surface area (Å²) >= 11 is 0. The summed E-state index contributed by atoms with van der Waals surface area (Å²) in [7, 11) is 1.74. The summed E-state index contributed by atoms with van der Waals surface area (Å²) in [5.41, 5.74) is 5.75. The molecule has 49 heavy (non-hydrogen) atoms. The molecule has 3 heterocycles. The van der Waals surface area contributed by atoms with Gasteiger partial charge in [-0.3, -0.25) is 14.5 Å². The van der Waals surface area contributed by atoms with Gasteiger partial charge in [0.1, 0.15) is 11.9 Å². The number of aryl methyl sites for hydroxylation is 1. The minimum absolute atomic E-state index is 0.0819. The number of likely N-dealkylation sites (tertiary alicyclic amines) is 1. The molecule has 2 aromatic heterocycles. The van der Waals surface area contributed by atoms with Crippen LogP contribution in [-0.4, -0.2) is 64.5 Å². The smallest absolute Gasteiger partial charge is 0.410 e. The molecule has 5 aliphatic rings. The number of carbonyl (C=O) groups is 2. The maximum Gasteiger partial charge on any atom is 0.410 e. The van der Waals surface area contributed by atoms with E-state index < -0.39 is 0 Å². The van der Waals surface area contributed by atoms with E-state index >= 15 is 0 Å². The predicted octanol–water partition coefficient (Wildman–Crippen LogP) is 8.12. The first-order valence-electron chi connectivity index (χ1n) is 18.5. The Morgan fingerprint density at radius 2 is 1.67 bits per heavy atom. The van der Waals surface area contributed by atoms with E-state index in [0.29, 0.717) is 12.5 Å². The molecule has 3 aromatic rings. The van der Waals surface area contributed by atoms with E-state index in [4.69, 9.17) is 9.47 Å². The topological polar surface area (TPSA) is 89.8 Å². The van der Waals surface area contributed by atoms with E-state index in [-0.39, 0.29) is 40.9 Å². The average Bonchev–Trinajstić information content (AvgIpc) is 3.61. The number of hydrogen-bond acceptors (Lipinski definition) is 6. The van der Waals surface area contributed by atoms with Gasteiger partial charge in [-0.05, 0) is 125 Å². The van der Waals surface area contributed by atoms with Gasteiger partial charge in [0.2, 0.25) is 5.91 Å². The highest BCUT2D eigenvalue weighted by Gasteiger charge is 2.51. The minimum atomic E-state index is -0.201. The molecule has 8 rings (SSSR count). The Bertz CT molecular complexity index is 1640. The lowest BCUT2D eigenvalue weighted by atomic mass is 9.51. The Labute approximate surface area is 291 Å². The highest BCUT2D eigenvalue weighted by molar-refractivity contribution is 5.95. The van der Waals surface area contributed by atoms with E-state index in [9.17, 15) is 9.59 Å². The normalized spacial score (nSPS) is 26.8. The van der Waals surface area contributed by atoms with Crippen LogP contribution in [0.5, 0.6) is 5.75 Å². The zero-order valence-electron chi connectivity index (χ0n) is 30.0. The minimum Gasteiger partial charge on any atom is -0.496 e. The van der Waals surface area contributed by atoms with Crippen molar-refractivity contribution in [3.63, 3.8) is 0 Å². The number of methoxy groups -OCH3 is 1. The zero-order valence-corrected chi connectivity index (χ0v) is 30.0. The predicted molar refractivity (Wildman–Crippen MR) is 191 cm³/mol. The van der Waals surface area contributed by atoms with Crippen molar-refractivity contribution in [1.29, 1.82) is 0 Å². The number of benzene rings is 1. The lowest BCUT2D eigenvalue weighted by molar-refractivity contribution is -0.124. The maximum atomic E-state index is 14.6. The fourth-order valence-corrected chi connectivity index (χ4v) is 8.99. The van der Waals surface area contributed by atoms with Crippen molar-refractivity contribution >= 4 is 17.7 Å². The molecule has 9 nitrogen and oxygen atoms in total. The van der Waals surface area contributed by atoms with Crippen LogP contribution in [0.15, 0.2) is 49.1 Å². The summed E-state index contributed by atoms with van der Waals surface area (Å²) in [5, 5.41) is 4.56. The number of pyridine rings is 1. The Balaban J connectivity index is 1.10. The molecule has 0 N–H and O–H groups in total. The van der Waals surface area contributed by atoms with Crippen LogP contribution in [0.3, 0.4) is 0 Å². The summed E-state index contributed by atoms with van der Waals surface area (Å²) in [6, 6.07) is 9.13. The summed E-state index contributed by atoms with van der Waals surface area (Å²) in [6.45, 7) is 10.8. The number of carbonyl (C=O) groups excluding carboxylic acids is 2. The zero-order chi connectivity index (χ0) is 34.3. The standard InChI is InChI=1S/C40H53N5O4/c1-27(2)45-25-32(21-42-45)31-19-34(22-41-20-31)44(37(46)30-6-9-35(10-7-30)49-38(47)43-23-28(3)24-43)26-39-12-15-40(16-13-39,17-14-39)33-8-11-36(48-5)29(4)18-33/h8,11,18-22,25,27-28,30,35H,6-7,9-10,12-17,23-24,26H2,1-5H3. The highest BCUT2D eigenvalue weighted by Crippen LogP contribution is 2.58. The quantitative estimate of drug-likeness (QED) is 0.229. The molecule has 262 valence electrons. The van der Waals surface area contributed by atoms with Crippen LogP contribution in [0.1, 0.15) is 102 Å². The van der Waals surface area contributed by atoms with E-state index in [1.807, 2.05) is 23.3 Å². The number of amides is 2. The number of aromatic nitrogens is 3. The van der Waals surface area contributed by atoms with Gasteiger partial charge in [0.05, 0.1) is 25.2 Å². The third-order valence-electron chi connectivity index (χ3n) is 12.3. The molecule has 1 saturated heterocycles. The van der Waals surface area contributed by atoms with Crippen LogP contribution in [0.4, 0.5) is 10.5 Å². The first-order valence-corrected chi connectivity index (χ1v) is 18.5. The SMILES string of the molecule is COc1ccc(C23CCC(CN(C(=O)C4CCC(OC(=O)N5CC(C)C5)CC4)c4cncc(-c5cnn(C(C)C)c5)c4)(CC2)CC3)cc1C. The molecule has 4 saturated carbocycles. The average molecular weight is 668 g/mol. The molecule has 0 spiro atoms. The number of fused-ring (bicyclic) bond motifs is 3. The number of rotatable bonds is 9. The molecule has 1 aromatic carbocycles. The maximum absolute atomic E-state index is 14.6. The van der Waals surface area contributed by atoms with Crippen LogP contribution in [0, 0.1) is 24.2 Å². The molecule has 0 unspecified atom stereocenters. The van der Waals surface area contributed by atoms with E-state index in [2.05, 4.69) is 73.1 Å². The van der Waals surface area contributed by atoms with Crippen molar-refractivity contribution < 1.29 is 19.1 Å². The van der Waals surface area contributed by atoms with Gasteiger partial charge in [0.15, 0.2) is 0 Å².